The van der Waals surface area contributed by atoms with Crippen LogP contribution in [0.15, 0.2) is 12.2 Å². The first-order valence-corrected chi connectivity index (χ1v) is 6.61. The fraction of sp³-hybridized carbons (Fsp3) is 0.647. The first-order chi connectivity index (χ1) is 8.33. The Morgan fingerprint density at radius 1 is 0.941 bits per heavy atom. The zero-order valence-corrected chi connectivity index (χ0v) is 13.4. The van der Waals surface area contributed by atoms with Gasteiger partial charge in [0.15, 0.2) is 0 Å². The molecule has 0 nitrogen and oxygen atoms in total. The van der Waals surface area contributed by atoms with Crippen LogP contribution in [0.4, 0.5) is 0 Å². The summed E-state index contributed by atoms with van der Waals surface area (Å²) in [4.78, 5) is 0. The van der Waals surface area contributed by atoms with E-state index in [9.17, 15) is 0 Å². The molecule has 0 heteroatoms. The van der Waals surface area contributed by atoms with E-state index in [4.69, 9.17) is 0 Å². The molecule has 0 N–H and O–H groups in total. The fourth-order valence-electron chi connectivity index (χ4n) is 0.489. The van der Waals surface area contributed by atoms with E-state index < -0.39 is 0 Å². The third-order valence-corrected chi connectivity index (χ3v) is 1.21. The Morgan fingerprint density at radius 3 is 1.47 bits per heavy atom. The van der Waals surface area contributed by atoms with Gasteiger partial charge in [0.2, 0.25) is 0 Å². The van der Waals surface area contributed by atoms with Gasteiger partial charge in [-0.15, -0.1) is 24.7 Å². The monoisotopic (exact) mass is 238 g/mol. The highest BCUT2D eigenvalue weighted by molar-refractivity contribution is 4.89. The van der Waals surface area contributed by atoms with Crippen LogP contribution in [-0.2, 0) is 0 Å². The van der Waals surface area contributed by atoms with E-state index in [1.165, 1.54) is 19.3 Å². The summed E-state index contributed by atoms with van der Waals surface area (Å²) in [6.07, 6.45) is 16.2. The lowest BCUT2D eigenvalue weighted by Crippen LogP contribution is -1.63. The highest BCUT2D eigenvalue weighted by Crippen LogP contribution is 1.93. The van der Waals surface area contributed by atoms with E-state index in [1.807, 2.05) is 41.5 Å². The van der Waals surface area contributed by atoms with Crippen molar-refractivity contribution < 1.29 is 0 Å². The summed E-state index contributed by atoms with van der Waals surface area (Å²) in [6.45, 7) is 15.9. The minimum atomic E-state index is 1.26. The second kappa shape index (κ2) is 83.1. The summed E-state index contributed by atoms with van der Waals surface area (Å²) in [5.74, 6) is 5.36. The van der Waals surface area contributed by atoms with Crippen molar-refractivity contribution in [3.8, 4) is 24.7 Å². The number of rotatable bonds is 3. The third-order valence-electron chi connectivity index (χ3n) is 1.21. The van der Waals surface area contributed by atoms with E-state index in [-0.39, 0.29) is 0 Å². The van der Waals surface area contributed by atoms with Crippen LogP contribution in [0.2, 0.25) is 0 Å². The van der Waals surface area contributed by atoms with Crippen LogP contribution >= 0.6 is 0 Å². The van der Waals surface area contributed by atoms with Crippen molar-refractivity contribution in [2.45, 2.75) is 74.7 Å². The van der Waals surface area contributed by atoms with Crippen LogP contribution in [0.25, 0.3) is 0 Å². The quantitative estimate of drug-likeness (QED) is 0.317. The number of hydrogen-bond acceptors (Lipinski definition) is 0. The lowest BCUT2D eigenvalue weighted by atomic mass is 10.2. The van der Waals surface area contributed by atoms with Crippen LogP contribution in [0.1, 0.15) is 74.7 Å². The minimum absolute atomic E-state index is 1.26. The Labute approximate surface area is 112 Å². The van der Waals surface area contributed by atoms with E-state index in [1.54, 1.807) is 0 Å². The summed E-state index contributed by atoms with van der Waals surface area (Å²) in [7, 11) is 0. The summed E-state index contributed by atoms with van der Waals surface area (Å²) < 4.78 is 0. The molecule has 0 aliphatic carbocycles. The molecule has 0 spiro atoms. The summed E-state index contributed by atoms with van der Waals surface area (Å²) in [5, 5.41) is 0. The van der Waals surface area contributed by atoms with E-state index >= 15 is 0 Å². The third kappa shape index (κ3) is 165. The molecule has 0 aromatic rings. The van der Waals surface area contributed by atoms with Gasteiger partial charge in [0.05, 0.1) is 0 Å². The maximum absolute atomic E-state index is 4.00. The van der Waals surface area contributed by atoms with Gasteiger partial charge in [-0.25, -0.2) is 0 Å². The molecule has 0 atom stereocenters. The standard InChI is InChI=1S/C7H14.C4H6.2C2H6.C2H2/c1-3-5-7-6-4-2;1-3-4-2;3*1-2/h3,5H,4,6-7H2,1-2H3;1-2H3;2*1-2H3;1-2H/b5-3-;;;;. The summed E-state index contributed by atoms with van der Waals surface area (Å²) in [6, 6.07) is 0. The van der Waals surface area contributed by atoms with Crippen LogP contribution in [0.5, 0.6) is 0 Å². The first kappa shape index (κ1) is 29.7. The number of terminal acetylenes is 1. The SMILES string of the molecule is C#C.C/C=C\CCCC.CC.CC.CC#CC. The first-order valence-electron chi connectivity index (χ1n) is 6.61. The average Bonchev–Trinajstić information content (AvgIpc) is 2.46. The Hall–Kier alpha value is -1.14. The molecule has 0 radical (unpaired) electrons. The van der Waals surface area contributed by atoms with Gasteiger partial charge in [-0.3, -0.25) is 0 Å². The molecule has 0 saturated carbocycles. The molecule has 0 unspecified atom stereocenters. The lowest BCUT2D eigenvalue weighted by Gasteiger charge is -1.83. The van der Waals surface area contributed by atoms with Crippen molar-refractivity contribution in [3.63, 3.8) is 0 Å². The zero-order chi connectivity index (χ0) is 14.9. The van der Waals surface area contributed by atoms with Crippen LogP contribution < -0.4 is 0 Å². The van der Waals surface area contributed by atoms with Crippen molar-refractivity contribution in [2.75, 3.05) is 0 Å². The van der Waals surface area contributed by atoms with Gasteiger partial charge < -0.3 is 0 Å². The Kier molecular flexibility index (Phi) is 145. The number of hydrogen-bond donors (Lipinski definition) is 0. The smallest absolute Gasteiger partial charge is 0.00271 e. The number of allylic oxidation sites excluding steroid dienone is 2. The van der Waals surface area contributed by atoms with Gasteiger partial charge in [-0.1, -0.05) is 59.6 Å². The van der Waals surface area contributed by atoms with Crippen LogP contribution in [-0.4, -0.2) is 0 Å². The molecule has 102 valence electrons. The van der Waals surface area contributed by atoms with Crippen LogP contribution in [0, 0.1) is 24.7 Å². The summed E-state index contributed by atoms with van der Waals surface area (Å²) in [5.41, 5.74) is 0. The Bertz CT molecular complexity index is 144. The highest BCUT2D eigenvalue weighted by Gasteiger charge is 1.73. The molecule has 17 heavy (non-hydrogen) atoms. The lowest BCUT2D eigenvalue weighted by molar-refractivity contribution is 0.814. The minimum Gasteiger partial charge on any atom is -0.124 e. The van der Waals surface area contributed by atoms with Gasteiger partial charge in [-0.05, 0) is 27.2 Å². The Morgan fingerprint density at radius 2 is 1.29 bits per heavy atom. The maximum atomic E-state index is 4.00. The molecule has 0 aromatic heterocycles. The van der Waals surface area contributed by atoms with Crippen LogP contribution in [0.3, 0.4) is 0 Å². The highest BCUT2D eigenvalue weighted by atomic mass is 13.8. The molecule has 0 heterocycles. The second-order valence-electron chi connectivity index (χ2n) is 2.21. The van der Waals surface area contributed by atoms with Gasteiger partial charge >= 0.3 is 0 Å². The van der Waals surface area contributed by atoms with Gasteiger partial charge in [0, 0.05) is 0 Å². The topological polar surface area (TPSA) is 0 Å². The van der Waals surface area contributed by atoms with E-state index in [0.717, 1.165) is 0 Å². The Balaban J connectivity index is -0.0000000412. The molecule has 0 rings (SSSR count). The zero-order valence-electron chi connectivity index (χ0n) is 13.4. The molecule has 0 bridgehead atoms. The van der Waals surface area contributed by atoms with Crippen molar-refractivity contribution in [2.24, 2.45) is 0 Å². The molecule has 0 aliphatic heterocycles. The fourth-order valence-corrected chi connectivity index (χ4v) is 0.489. The molecular formula is C17H34. The largest absolute Gasteiger partial charge is 0.124 e. The molecule has 0 saturated heterocycles. The van der Waals surface area contributed by atoms with Crippen molar-refractivity contribution >= 4 is 0 Å². The molecule has 0 aromatic carbocycles. The second-order valence-corrected chi connectivity index (χ2v) is 2.21. The van der Waals surface area contributed by atoms with Gasteiger partial charge in [-0.2, -0.15) is 0 Å². The molecule has 0 amide bonds. The van der Waals surface area contributed by atoms with E-state index in [2.05, 4.69) is 50.7 Å². The summed E-state index contributed by atoms with van der Waals surface area (Å²) >= 11 is 0. The molecule has 0 aliphatic rings. The normalized spacial score (nSPS) is 6.00. The van der Waals surface area contributed by atoms with Gasteiger partial charge in [0.25, 0.3) is 0 Å². The molecule has 0 fully saturated rings. The van der Waals surface area contributed by atoms with Crippen molar-refractivity contribution in [1.82, 2.24) is 0 Å². The van der Waals surface area contributed by atoms with Crippen molar-refractivity contribution in [3.05, 3.63) is 12.2 Å². The predicted octanol–water partition coefficient (Wildman–Crippen LogP) is 6.08. The van der Waals surface area contributed by atoms with E-state index in [0.29, 0.717) is 0 Å². The van der Waals surface area contributed by atoms with Gasteiger partial charge in [0.1, 0.15) is 0 Å². The number of unbranched alkanes of at least 4 members (excludes halogenated alkanes) is 2. The predicted molar refractivity (Wildman–Crippen MR) is 86.0 cm³/mol. The van der Waals surface area contributed by atoms with Crippen molar-refractivity contribution in [1.29, 1.82) is 0 Å². The average molecular weight is 238 g/mol. The maximum Gasteiger partial charge on any atom is -0.00271 e. The molecular weight excluding hydrogens is 204 g/mol.